The van der Waals surface area contributed by atoms with E-state index in [-0.39, 0.29) is 6.92 Å². The second kappa shape index (κ2) is 11.3. The second-order valence-electron chi connectivity index (χ2n) is 8.63. The van der Waals surface area contributed by atoms with Crippen LogP contribution in [0.4, 0.5) is 110 Å². The van der Waals surface area contributed by atoms with E-state index in [9.17, 15) is 115 Å². The van der Waals surface area contributed by atoms with Gasteiger partial charge in [-0.1, -0.05) is 6.58 Å². The number of ether oxygens (including phenoxy) is 2. The molecule has 0 saturated heterocycles. The van der Waals surface area contributed by atoms with E-state index in [0.29, 0.717) is 6.92 Å². The lowest BCUT2D eigenvalue weighted by Crippen LogP contribution is -2.78. The normalized spacial score (nSPS) is 16.8. The van der Waals surface area contributed by atoms with Gasteiger partial charge in [0.25, 0.3) is 0 Å². The Labute approximate surface area is 235 Å². The van der Waals surface area contributed by atoms with Crippen LogP contribution in [0.25, 0.3) is 0 Å². The van der Waals surface area contributed by atoms with Crippen molar-refractivity contribution in [3.63, 3.8) is 0 Å². The zero-order valence-corrected chi connectivity index (χ0v) is 21.0. The SMILES string of the molecule is C=C(C)C(=O)OC(C)OC(F)(F)C(F)(F)C(F)(F)C(F)(F)C(F)(F)C(F)(F)C(F)(F)C(F)(F)C(F)(F)C(F)(F)C(F)(F)C(F)(F)F. The van der Waals surface area contributed by atoms with Crippen molar-refractivity contribution in [2.24, 2.45) is 0 Å². The highest BCUT2D eigenvalue weighted by Crippen LogP contribution is 2.67. The third-order valence-corrected chi connectivity index (χ3v) is 5.21. The van der Waals surface area contributed by atoms with Crippen molar-refractivity contribution in [2.45, 2.75) is 91.6 Å². The van der Waals surface area contributed by atoms with E-state index in [1.54, 1.807) is 0 Å². The monoisotopic (exact) mass is 748 g/mol. The molecule has 1 unspecified atom stereocenters. The van der Waals surface area contributed by atoms with E-state index in [4.69, 9.17) is 0 Å². The van der Waals surface area contributed by atoms with Gasteiger partial charge in [-0.3, -0.25) is 4.74 Å². The predicted molar refractivity (Wildman–Crippen MR) is 91.9 cm³/mol. The molecule has 3 nitrogen and oxygen atoms in total. The maximum absolute atomic E-state index is 13.8. The van der Waals surface area contributed by atoms with Crippen molar-refractivity contribution in [1.82, 2.24) is 0 Å². The van der Waals surface area contributed by atoms with E-state index < -0.39 is 89.3 Å². The number of carbonyl (C=O) groups is 1. The van der Waals surface area contributed by atoms with Gasteiger partial charge in [0.15, 0.2) is 0 Å². The van der Waals surface area contributed by atoms with Crippen LogP contribution in [0.5, 0.6) is 0 Å². The van der Waals surface area contributed by atoms with Crippen molar-refractivity contribution in [1.29, 1.82) is 0 Å². The molecule has 0 radical (unpaired) electrons. The molecule has 0 amide bonds. The van der Waals surface area contributed by atoms with Gasteiger partial charge in [0.2, 0.25) is 6.29 Å². The summed E-state index contributed by atoms with van der Waals surface area (Å²) in [4.78, 5) is 11.1. The first-order valence-corrected chi connectivity index (χ1v) is 10.2. The molecule has 0 heterocycles. The number of rotatable bonds is 14. The number of esters is 1. The Bertz CT molecular complexity index is 1150. The second-order valence-corrected chi connectivity index (χ2v) is 8.63. The van der Waals surface area contributed by atoms with Gasteiger partial charge in [-0.15, -0.1) is 0 Å². The van der Waals surface area contributed by atoms with Crippen LogP contribution >= 0.6 is 0 Å². The van der Waals surface area contributed by atoms with E-state index >= 15 is 0 Å². The van der Waals surface area contributed by atoms with Gasteiger partial charge in [-0.25, -0.2) is 4.79 Å². The lowest BCUT2D eigenvalue weighted by atomic mass is 9.85. The summed E-state index contributed by atoms with van der Waals surface area (Å²) in [6.07, 6.45) is -19.0. The zero-order valence-electron chi connectivity index (χ0n) is 21.0. The minimum absolute atomic E-state index is 0.148. The molecule has 0 aliphatic heterocycles. The zero-order chi connectivity index (χ0) is 38.1. The molecule has 0 N–H and O–H groups in total. The minimum Gasteiger partial charge on any atom is -0.432 e. The molecule has 0 fully saturated rings. The molecule has 0 aliphatic carbocycles. The largest absolute Gasteiger partial charge is 0.460 e. The summed E-state index contributed by atoms with van der Waals surface area (Å²) in [5.41, 5.74) is -0.840. The van der Waals surface area contributed by atoms with Gasteiger partial charge in [-0.05, 0) is 13.8 Å². The van der Waals surface area contributed by atoms with E-state index in [0.717, 1.165) is 0 Å². The molecule has 0 rings (SSSR count). The Morgan fingerprint density at radius 2 is 0.674 bits per heavy atom. The maximum Gasteiger partial charge on any atom is 0.460 e. The molecule has 0 aromatic carbocycles. The number of alkyl halides is 25. The van der Waals surface area contributed by atoms with Crippen LogP contribution in [-0.4, -0.2) is 83.8 Å². The van der Waals surface area contributed by atoms with Crippen LogP contribution < -0.4 is 0 Å². The molecular weight excluding hydrogens is 739 g/mol. The summed E-state index contributed by atoms with van der Waals surface area (Å²) in [6.45, 7) is 3.25. The van der Waals surface area contributed by atoms with E-state index in [1.165, 1.54) is 0 Å². The van der Waals surface area contributed by atoms with Crippen LogP contribution in [0.2, 0.25) is 0 Å². The van der Waals surface area contributed by atoms with Crippen molar-refractivity contribution in [2.75, 3.05) is 0 Å². The third-order valence-electron chi connectivity index (χ3n) is 5.21. The molecule has 1 atom stereocenters. The van der Waals surface area contributed by atoms with Gasteiger partial charge in [-0.2, -0.15) is 110 Å². The van der Waals surface area contributed by atoms with E-state index in [2.05, 4.69) is 16.1 Å². The van der Waals surface area contributed by atoms with Crippen molar-refractivity contribution in [3.05, 3.63) is 12.2 Å². The van der Waals surface area contributed by atoms with Crippen LogP contribution in [0, 0.1) is 0 Å². The standard InChI is InChI=1S/C18H9F25O3/c1-4(2)6(44)45-5(3)46-18(42,43)16(37,38)14(33,34)12(29,30)10(25,26)8(21,22)7(19,20)9(23,24)11(27,28)13(31,32)15(35,36)17(39,40)41/h5H,1H2,2-3H3. The summed E-state index contributed by atoms with van der Waals surface area (Å²) < 4.78 is 341. The first kappa shape index (κ1) is 43.4. The Balaban J connectivity index is 7.19. The van der Waals surface area contributed by atoms with Crippen LogP contribution in [0.1, 0.15) is 13.8 Å². The average Bonchev–Trinajstić information content (AvgIpc) is 2.81. The Hall–Kier alpha value is -2.58. The van der Waals surface area contributed by atoms with E-state index in [1.807, 2.05) is 0 Å². The molecule has 0 aromatic heterocycles. The summed E-state index contributed by atoms with van der Waals surface area (Å²) >= 11 is 0. The van der Waals surface area contributed by atoms with Gasteiger partial charge >= 0.3 is 77.5 Å². The third kappa shape index (κ3) is 5.65. The number of hydrogen-bond acceptors (Lipinski definition) is 3. The number of hydrogen-bond donors (Lipinski definition) is 0. The molecule has 0 aliphatic rings. The molecule has 46 heavy (non-hydrogen) atoms. The summed E-state index contributed by atoms with van der Waals surface area (Å²) in [5, 5.41) is 0. The molecule has 0 saturated carbocycles. The quantitative estimate of drug-likeness (QED) is 0.0771. The Kier molecular flexibility index (Phi) is 10.6. The average molecular weight is 748 g/mol. The first-order chi connectivity index (χ1) is 19.5. The molecular formula is C18H9F25O3. The Morgan fingerprint density at radius 1 is 0.457 bits per heavy atom. The highest BCUT2D eigenvalue weighted by molar-refractivity contribution is 5.86. The Morgan fingerprint density at radius 3 is 0.891 bits per heavy atom. The molecule has 28 heteroatoms. The minimum atomic E-state index is -9.67. The molecule has 0 spiro atoms. The first-order valence-electron chi connectivity index (χ1n) is 10.2. The van der Waals surface area contributed by atoms with Gasteiger partial charge in [0.05, 0.1) is 0 Å². The van der Waals surface area contributed by atoms with Crippen LogP contribution in [-0.2, 0) is 14.3 Å². The fraction of sp³-hybridized carbons (Fsp3) is 0.833. The van der Waals surface area contributed by atoms with Crippen molar-refractivity contribution >= 4 is 5.97 Å². The smallest absolute Gasteiger partial charge is 0.432 e. The lowest BCUT2D eigenvalue weighted by Gasteiger charge is -2.45. The van der Waals surface area contributed by atoms with Crippen molar-refractivity contribution < 1.29 is 124 Å². The van der Waals surface area contributed by atoms with Gasteiger partial charge in [0, 0.05) is 5.57 Å². The lowest BCUT2D eigenvalue weighted by molar-refractivity contribution is -0.492. The van der Waals surface area contributed by atoms with Crippen LogP contribution in [0.15, 0.2) is 12.2 Å². The highest BCUT2D eigenvalue weighted by atomic mass is 19.4. The van der Waals surface area contributed by atoms with Gasteiger partial charge in [0.1, 0.15) is 0 Å². The molecule has 0 bridgehead atoms. The summed E-state index contributed by atoms with van der Waals surface area (Å²) in [6, 6.07) is 0. The summed E-state index contributed by atoms with van der Waals surface area (Å²) in [7, 11) is 0. The summed E-state index contributed by atoms with van der Waals surface area (Å²) in [5.74, 6) is -94.6. The fourth-order valence-electron chi connectivity index (χ4n) is 2.50. The molecule has 274 valence electrons. The fourth-order valence-corrected chi connectivity index (χ4v) is 2.50. The van der Waals surface area contributed by atoms with Crippen molar-refractivity contribution in [3.8, 4) is 0 Å². The predicted octanol–water partition coefficient (Wildman–Crippen LogP) is 8.98. The maximum atomic E-state index is 13.8. The topological polar surface area (TPSA) is 35.5 Å². The number of carbonyl (C=O) groups excluding carboxylic acids is 1. The van der Waals surface area contributed by atoms with Crippen LogP contribution in [0.3, 0.4) is 0 Å². The highest BCUT2D eigenvalue weighted by Gasteiger charge is 2.99. The molecule has 0 aromatic rings. The number of halogens is 25. The van der Waals surface area contributed by atoms with Gasteiger partial charge < -0.3 is 4.74 Å².